The zero-order valence-electron chi connectivity index (χ0n) is 6.36. The third-order valence-electron chi connectivity index (χ3n) is 1.87. The quantitative estimate of drug-likeness (QED) is 0.401. The van der Waals surface area contributed by atoms with Gasteiger partial charge in [0, 0.05) is 11.6 Å². The van der Waals surface area contributed by atoms with E-state index < -0.39 is 0 Å². The van der Waals surface area contributed by atoms with Crippen molar-refractivity contribution in [2.75, 3.05) is 11.5 Å². The molecule has 1 aromatic heterocycles. The standard InChI is InChI=1S/C8H9N3O/c9-6-3-5-1-2-11(12)8(5)4-7(6)10/h1-4,12H,9-10H2. The molecule has 0 unspecified atom stereocenters. The van der Waals surface area contributed by atoms with Gasteiger partial charge in [-0.05, 0) is 18.2 Å². The van der Waals surface area contributed by atoms with Crippen molar-refractivity contribution in [1.29, 1.82) is 0 Å². The fraction of sp³-hybridized carbons (Fsp3) is 0. The largest absolute Gasteiger partial charge is 0.428 e. The SMILES string of the molecule is Nc1cc2ccn(O)c2cc1N. The van der Waals surface area contributed by atoms with Crippen molar-refractivity contribution in [2.24, 2.45) is 0 Å². The summed E-state index contributed by atoms with van der Waals surface area (Å²) < 4.78 is 1.02. The van der Waals surface area contributed by atoms with E-state index in [4.69, 9.17) is 11.5 Å². The van der Waals surface area contributed by atoms with Crippen molar-refractivity contribution in [1.82, 2.24) is 4.73 Å². The fourth-order valence-electron chi connectivity index (χ4n) is 1.20. The van der Waals surface area contributed by atoms with E-state index in [-0.39, 0.29) is 0 Å². The molecule has 2 aromatic rings. The van der Waals surface area contributed by atoms with Crippen LogP contribution in [0.5, 0.6) is 0 Å². The smallest absolute Gasteiger partial charge is 0.0887 e. The van der Waals surface area contributed by atoms with Gasteiger partial charge in [0.2, 0.25) is 0 Å². The topological polar surface area (TPSA) is 77.2 Å². The predicted octanol–water partition coefficient (Wildman–Crippen LogP) is 1.04. The molecular formula is C8H9N3O. The van der Waals surface area contributed by atoms with E-state index >= 15 is 0 Å². The van der Waals surface area contributed by atoms with Gasteiger partial charge in [0.1, 0.15) is 0 Å². The molecule has 0 radical (unpaired) electrons. The van der Waals surface area contributed by atoms with Gasteiger partial charge >= 0.3 is 0 Å². The lowest BCUT2D eigenvalue weighted by Crippen LogP contribution is -1.95. The maximum Gasteiger partial charge on any atom is 0.0887 e. The average molecular weight is 163 g/mol. The normalized spacial score (nSPS) is 10.7. The number of aromatic nitrogens is 1. The van der Waals surface area contributed by atoms with Gasteiger partial charge in [0.25, 0.3) is 0 Å². The number of rotatable bonds is 0. The Balaban J connectivity index is 2.87. The first-order valence-electron chi connectivity index (χ1n) is 3.54. The molecule has 0 fully saturated rings. The van der Waals surface area contributed by atoms with Crippen LogP contribution in [0.1, 0.15) is 0 Å². The first-order valence-corrected chi connectivity index (χ1v) is 3.54. The first-order chi connectivity index (χ1) is 5.68. The van der Waals surface area contributed by atoms with Crippen molar-refractivity contribution in [3.05, 3.63) is 24.4 Å². The van der Waals surface area contributed by atoms with Crippen molar-refractivity contribution in [3.63, 3.8) is 0 Å². The van der Waals surface area contributed by atoms with E-state index in [1.807, 2.05) is 0 Å². The Kier molecular flexibility index (Phi) is 1.18. The minimum atomic E-state index is 0.483. The van der Waals surface area contributed by atoms with Crippen molar-refractivity contribution < 1.29 is 5.21 Å². The van der Waals surface area contributed by atoms with Crippen molar-refractivity contribution >= 4 is 22.3 Å². The van der Waals surface area contributed by atoms with Crippen LogP contribution in [0.15, 0.2) is 24.4 Å². The number of hydrogen-bond donors (Lipinski definition) is 3. The molecule has 62 valence electrons. The van der Waals surface area contributed by atoms with E-state index in [0.717, 1.165) is 10.1 Å². The summed E-state index contributed by atoms with van der Waals surface area (Å²) in [7, 11) is 0. The summed E-state index contributed by atoms with van der Waals surface area (Å²) in [6.45, 7) is 0. The Morgan fingerprint density at radius 3 is 2.58 bits per heavy atom. The minimum absolute atomic E-state index is 0.483. The van der Waals surface area contributed by atoms with Gasteiger partial charge in [-0.3, -0.25) is 0 Å². The Labute approximate surface area is 69.0 Å². The second kappa shape index (κ2) is 2.07. The highest BCUT2D eigenvalue weighted by atomic mass is 16.5. The number of nitrogens with zero attached hydrogens (tertiary/aromatic N) is 1. The summed E-state index contributed by atoms with van der Waals surface area (Å²) in [5.41, 5.74) is 12.8. The highest BCUT2D eigenvalue weighted by Crippen LogP contribution is 2.23. The highest BCUT2D eigenvalue weighted by Gasteiger charge is 2.02. The van der Waals surface area contributed by atoms with Crippen LogP contribution in [0.4, 0.5) is 11.4 Å². The second-order valence-corrected chi connectivity index (χ2v) is 2.70. The van der Waals surface area contributed by atoms with Crippen molar-refractivity contribution in [3.8, 4) is 0 Å². The number of benzene rings is 1. The second-order valence-electron chi connectivity index (χ2n) is 2.70. The Bertz CT molecular complexity index is 433. The van der Waals surface area contributed by atoms with Crippen molar-refractivity contribution in [2.45, 2.75) is 0 Å². The molecule has 0 aliphatic heterocycles. The van der Waals surface area contributed by atoms with Gasteiger partial charge in [0.05, 0.1) is 16.9 Å². The van der Waals surface area contributed by atoms with Crippen LogP contribution in [0.2, 0.25) is 0 Å². The minimum Gasteiger partial charge on any atom is -0.428 e. The van der Waals surface area contributed by atoms with Gasteiger partial charge in [-0.1, -0.05) is 0 Å². The molecule has 1 aromatic carbocycles. The first kappa shape index (κ1) is 6.84. The molecule has 2 rings (SSSR count). The molecule has 4 heteroatoms. The van der Waals surface area contributed by atoms with Crippen LogP contribution in [-0.4, -0.2) is 9.94 Å². The summed E-state index contributed by atoms with van der Waals surface area (Å²) in [5, 5.41) is 10.1. The molecule has 0 aliphatic carbocycles. The number of fused-ring (bicyclic) bond motifs is 1. The summed E-state index contributed by atoms with van der Waals surface area (Å²) in [4.78, 5) is 0. The van der Waals surface area contributed by atoms with Gasteiger partial charge < -0.3 is 16.7 Å². The van der Waals surface area contributed by atoms with Crippen LogP contribution in [0, 0.1) is 0 Å². The summed E-state index contributed by atoms with van der Waals surface area (Å²) in [6, 6.07) is 5.15. The van der Waals surface area contributed by atoms with E-state index in [2.05, 4.69) is 0 Å². The lowest BCUT2D eigenvalue weighted by molar-refractivity contribution is 0.200. The average Bonchev–Trinajstić information content (AvgIpc) is 2.35. The molecule has 0 aliphatic rings. The molecule has 0 saturated heterocycles. The highest BCUT2D eigenvalue weighted by molar-refractivity contribution is 5.88. The van der Waals surface area contributed by atoms with Gasteiger partial charge in [-0.25, -0.2) is 0 Å². The van der Waals surface area contributed by atoms with Crippen LogP contribution >= 0.6 is 0 Å². The number of nitrogen functional groups attached to an aromatic ring is 2. The molecule has 0 atom stereocenters. The molecule has 0 amide bonds. The van der Waals surface area contributed by atoms with Crippen LogP contribution in [0.25, 0.3) is 10.9 Å². The fourth-order valence-corrected chi connectivity index (χ4v) is 1.20. The number of nitrogens with two attached hydrogens (primary N) is 2. The molecule has 0 saturated carbocycles. The maximum absolute atomic E-state index is 9.25. The third-order valence-corrected chi connectivity index (χ3v) is 1.87. The Morgan fingerprint density at radius 1 is 1.17 bits per heavy atom. The molecule has 1 heterocycles. The zero-order chi connectivity index (χ0) is 8.72. The van der Waals surface area contributed by atoms with E-state index in [1.54, 1.807) is 24.4 Å². The monoisotopic (exact) mass is 163 g/mol. The van der Waals surface area contributed by atoms with Crippen LogP contribution < -0.4 is 11.5 Å². The molecule has 0 spiro atoms. The summed E-state index contributed by atoms with van der Waals surface area (Å²) in [5.74, 6) is 0. The van der Waals surface area contributed by atoms with Gasteiger partial charge in [-0.15, -0.1) is 0 Å². The zero-order valence-corrected chi connectivity index (χ0v) is 6.36. The predicted molar refractivity (Wildman–Crippen MR) is 47.9 cm³/mol. The van der Waals surface area contributed by atoms with E-state index in [1.165, 1.54) is 0 Å². The lowest BCUT2D eigenvalue weighted by atomic mass is 10.2. The Hall–Kier alpha value is -1.84. The van der Waals surface area contributed by atoms with Gasteiger partial charge in [0.15, 0.2) is 0 Å². The molecule has 12 heavy (non-hydrogen) atoms. The summed E-state index contributed by atoms with van der Waals surface area (Å²) >= 11 is 0. The maximum atomic E-state index is 9.25. The van der Waals surface area contributed by atoms with Crippen LogP contribution in [0.3, 0.4) is 0 Å². The molecule has 5 N–H and O–H groups in total. The number of anilines is 2. The van der Waals surface area contributed by atoms with E-state index in [9.17, 15) is 5.21 Å². The third kappa shape index (κ3) is 0.780. The number of hydrogen-bond acceptors (Lipinski definition) is 3. The van der Waals surface area contributed by atoms with E-state index in [0.29, 0.717) is 16.9 Å². The Morgan fingerprint density at radius 2 is 1.83 bits per heavy atom. The van der Waals surface area contributed by atoms with Gasteiger partial charge in [-0.2, -0.15) is 4.73 Å². The van der Waals surface area contributed by atoms with Crippen LogP contribution in [-0.2, 0) is 0 Å². The molecular weight excluding hydrogens is 154 g/mol. The summed E-state index contributed by atoms with van der Waals surface area (Å²) in [6.07, 6.45) is 1.55. The lowest BCUT2D eigenvalue weighted by Gasteiger charge is -2.00. The molecule has 0 bridgehead atoms. The molecule has 4 nitrogen and oxygen atoms in total.